The van der Waals surface area contributed by atoms with Crippen molar-refractivity contribution in [3.05, 3.63) is 20.8 Å². The second-order valence-electron chi connectivity index (χ2n) is 4.68. The number of thiophene rings is 1. The molecule has 1 heterocycles. The molecule has 1 atom stereocenters. The van der Waals surface area contributed by atoms with Gasteiger partial charge in [0.2, 0.25) is 0 Å². The van der Waals surface area contributed by atoms with Crippen LogP contribution in [0.3, 0.4) is 0 Å². The van der Waals surface area contributed by atoms with Crippen LogP contribution in [-0.4, -0.2) is 17.3 Å². The lowest BCUT2D eigenvalue weighted by Crippen LogP contribution is -2.38. The SMILES string of the molecule is CC(NCC1(O)CCCC1)c1ccc(Br)s1. The lowest BCUT2D eigenvalue weighted by Gasteiger charge is -2.24. The number of hydrogen-bond acceptors (Lipinski definition) is 3. The first-order valence-corrected chi connectivity index (χ1v) is 7.41. The molecule has 90 valence electrons. The molecule has 1 aliphatic rings. The normalized spacial score (nSPS) is 21.2. The van der Waals surface area contributed by atoms with Gasteiger partial charge < -0.3 is 10.4 Å². The fraction of sp³-hybridized carbons (Fsp3) is 0.667. The van der Waals surface area contributed by atoms with Crippen molar-refractivity contribution in [3.63, 3.8) is 0 Å². The first-order valence-electron chi connectivity index (χ1n) is 5.80. The minimum Gasteiger partial charge on any atom is -0.389 e. The maximum absolute atomic E-state index is 10.2. The lowest BCUT2D eigenvalue weighted by atomic mass is 10.0. The van der Waals surface area contributed by atoms with Crippen LogP contribution in [-0.2, 0) is 0 Å². The standard InChI is InChI=1S/C12H18BrNOS/c1-9(10-4-5-11(13)16-10)14-8-12(15)6-2-3-7-12/h4-5,9,14-15H,2-3,6-8H2,1H3. The predicted molar refractivity (Wildman–Crippen MR) is 71.9 cm³/mol. The van der Waals surface area contributed by atoms with Crippen LogP contribution in [0.1, 0.15) is 43.5 Å². The molecule has 1 aromatic rings. The molecule has 2 rings (SSSR count). The van der Waals surface area contributed by atoms with E-state index in [1.807, 2.05) is 0 Å². The Balaban J connectivity index is 1.86. The Hall–Kier alpha value is 0.1000. The molecule has 0 amide bonds. The number of rotatable bonds is 4. The van der Waals surface area contributed by atoms with Gasteiger partial charge in [0.1, 0.15) is 0 Å². The molecule has 1 unspecified atom stereocenters. The van der Waals surface area contributed by atoms with Gasteiger partial charge >= 0.3 is 0 Å². The van der Waals surface area contributed by atoms with Crippen LogP contribution in [0, 0.1) is 0 Å². The van der Waals surface area contributed by atoms with Crippen molar-refractivity contribution in [2.45, 2.75) is 44.2 Å². The molecule has 1 saturated carbocycles. The summed E-state index contributed by atoms with van der Waals surface area (Å²) in [5.41, 5.74) is -0.456. The Morgan fingerprint density at radius 2 is 2.19 bits per heavy atom. The summed E-state index contributed by atoms with van der Waals surface area (Å²) in [6.07, 6.45) is 4.22. The zero-order valence-corrected chi connectivity index (χ0v) is 11.9. The summed E-state index contributed by atoms with van der Waals surface area (Å²) in [5.74, 6) is 0. The maximum atomic E-state index is 10.2. The summed E-state index contributed by atoms with van der Waals surface area (Å²) >= 11 is 5.22. The lowest BCUT2D eigenvalue weighted by molar-refractivity contribution is 0.0454. The Bertz CT molecular complexity index is 347. The first kappa shape index (κ1) is 12.6. The van der Waals surface area contributed by atoms with Crippen LogP contribution < -0.4 is 5.32 Å². The van der Waals surface area contributed by atoms with E-state index < -0.39 is 5.60 Å². The average Bonchev–Trinajstić information content (AvgIpc) is 2.85. The molecule has 0 saturated heterocycles. The molecular formula is C12H18BrNOS. The van der Waals surface area contributed by atoms with Crippen LogP contribution in [0.15, 0.2) is 15.9 Å². The second kappa shape index (κ2) is 5.17. The van der Waals surface area contributed by atoms with E-state index in [2.05, 4.69) is 40.3 Å². The van der Waals surface area contributed by atoms with Gasteiger partial charge in [0.05, 0.1) is 9.39 Å². The van der Waals surface area contributed by atoms with E-state index in [0.29, 0.717) is 12.6 Å². The van der Waals surface area contributed by atoms with E-state index in [9.17, 15) is 5.11 Å². The summed E-state index contributed by atoms with van der Waals surface area (Å²) < 4.78 is 1.16. The van der Waals surface area contributed by atoms with Crippen LogP contribution >= 0.6 is 27.3 Å². The fourth-order valence-electron chi connectivity index (χ4n) is 2.21. The number of aliphatic hydroxyl groups is 1. The van der Waals surface area contributed by atoms with Crippen LogP contribution in [0.5, 0.6) is 0 Å². The minimum absolute atomic E-state index is 0.320. The second-order valence-corrected chi connectivity index (χ2v) is 7.17. The van der Waals surface area contributed by atoms with Gasteiger partial charge in [-0.25, -0.2) is 0 Å². The zero-order chi connectivity index (χ0) is 11.6. The van der Waals surface area contributed by atoms with Crippen LogP contribution in [0.2, 0.25) is 0 Å². The molecule has 0 spiro atoms. The predicted octanol–water partition coefficient (Wildman–Crippen LogP) is 3.47. The molecule has 1 fully saturated rings. The number of halogens is 1. The minimum atomic E-state index is -0.456. The molecule has 4 heteroatoms. The molecule has 1 aromatic heterocycles. The van der Waals surface area contributed by atoms with Crippen molar-refractivity contribution in [2.75, 3.05) is 6.54 Å². The first-order chi connectivity index (χ1) is 7.59. The molecule has 0 bridgehead atoms. The molecule has 2 N–H and O–H groups in total. The third-order valence-corrected chi connectivity index (χ3v) is 5.10. The molecular weight excluding hydrogens is 286 g/mol. The largest absolute Gasteiger partial charge is 0.389 e. The van der Waals surface area contributed by atoms with Gasteiger partial charge in [-0.2, -0.15) is 0 Å². The van der Waals surface area contributed by atoms with Gasteiger partial charge in [-0.15, -0.1) is 11.3 Å². The summed E-state index contributed by atoms with van der Waals surface area (Å²) in [6.45, 7) is 2.86. The van der Waals surface area contributed by atoms with Crippen molar-refractivity contribution >= 4 is 27.3 Å². The van der Waals surface area contributed by atoms with E-state index in [0.717, 1.165) is 29.5 Å². The zero-order valence-electron chi connectivity index (χ0n) is 9.50. The van der Waals surface area contributed by atoms with E-state index in [4.69, 9.17) is 0 Å². The molecule has 0 radical (unpaired) electrons. The fourth-order valence-corrected chi connectivity index (χ4v) is 3.66. The Labute approximate surface area is 109 Å². The number of nitrogens with one attached hydrogen (secondary N) is 1. The van der Waals surface area contributed by atoms with E-state index in [1.54, 1.807) is 11.3 Å². The van der Waals surface area contributed by atoms with E-state index in [1.165, 1.54) is 4.88 Å². The molecule has 0 aromatic carbocycles. The van der Waals surface area contributed by atoms with Gasteiger partial charge in [-0.05, 0) is 47.8 Å². The third kappa shape index (κ3) is 3.06. The molecule has 2 nitrogen and oxygen atoms in total. The van der Waals surface area contributed by atoms with Gasteiger partial charge in [0, 0.05) is 17.5 Å². The highest BCUT2D eigenvalue weighted by Crippen LogP contribution is 2.31. The highest BCUT2D eigenvalue weighted by Gasteiger charge is 2.31. The smallest absolute Gasteiger partial charge is 0.0771 e. The Morgan fingerprint density at radius 1 is 1.50 bits per heavy atom. The van der Waals surface area contributed by atoms with E-state index in [-0.39, 0.29) is 0 Å². The van der Waals surface area contributed by atoms with Crippen LogP contribution in [0.4, 0.5) is 0 Å². The highest BCUT2D eigenvalue weighted by atomic mass is 79.9. The van der Waals surface area contributed by atoms with Crippen molar-refractivity contribution in [3.8, 4) is 0 Å². The summed E-state index contributed by atoms with van der Waals surface area (Å²) in [4.78, 5) is 1.31. The quantitative estimate of drug-likeness (QED) is 0.893. The summed E-state index contributed by atoms with van der Waals surface area (Å²) in [7, 11) is 0. The molecule has 0 aliphatic heterocycles. The monoisotopic (exact) mass is 303 g/mol. The average molecular weight is 304 g/mol. The van der Waals surface area contributed by atoms with Gasteiger partial charge in [-0.1, -0.05) is 12.8 Å². The van der Waals surface area contributed by atoms with E-state index >= 15 is 0 Å². The highest BCUT2D eigenvalue weighted by molar-refractivity contribution is 9.11. The maximum Gasteiger partial charge on any atom is 0.0771 e. The summed E-state index contributed by atoms with van der Waals surface area (Å²) in [6, 6.07) is 4.52. The van der Waals surface area contributed by atoms with Crippen molar-refractivity contribution < 1.29 is 5.11 Å². The van der Waals surface area contributed by atoms with Gasteiger partial charge in [0.15, 0.2) is 0 Å². The Morgan fingerprint density at radius 3 is 2.75 bits per heavy atom. The third-order valence-electron chi connectivity index (χ3n) is 3.29. The summed E-state index contributed by atoms with van der Waals surface area (Å²) in [5, 5.41) is 13.7. The van der Waals surface area contributed by atoms with Crippen LogP contribution in [0.25, 0.3) is 0 Å². The van der Waals surface area contributed by atoms with Crippen molar-refractivity contribution in [2.24, 2.45) is 0 Å². The van der Waals surface area contributed by atoms with Gasteiger partial charge in [0.25, 0.3) is 0 Å². The van der Waals surface area contributed by atoms with Crippen molar-refractivity contribution in [1.82, 2.24) is 5.32 Å². The topological polar surface area (TPSA) is 32.3 Å². The number of hydrogen-bond donors (Lipinski definition) is 2. The van der Waals surface area contributed by atoms with Gasteiger partial charge in [-0.3, -0.25) is 0 Å². The Kier molecular flexibility index (Phi) is 4.06. The molecule has 16 heavy (non-hydrogen) atoms. The van der Waals surface area contributed by atoms with Crippen molar-refractivity contribution in [1.29, 1.82) is 0 Å². The molecule has 1 aliphatic carbocycles.